The molecule has 0 amide bonds. The lowest BCUT2D eigenvalue weighted by atomic mass is 9.67. The monoisotopic (exact) mass is 381 g/mol. The molecule has 3 N–H and O–H groups in total. The van der Waals surface area contributed by atoms with Crippen LogP contribution in [0.4, 0.5) is 0 Å². The number of nitriles is 3. The number of hydrogen-bond acceptors (Lipinski definition) is 6. The Morgan fingerprint density at radius 1 is 1.29 bits per heavy atom. The highest BCUT2D eigenvalue weighted by atomic mass is 79.9. The van der Waals surface area contributed by atoms with Gasteiger partial charge in [-0.05, 0) is 18.2 Å². The van der Waals surface area contributed by atoms with Crippen LogP contribution in [0.5, 0.6) is 5.75 Å². The van der Waals surface area contributed by atoms with Crippen molar-refractivity contribution in [3.8, 4) is 24.0 Å². The van der Waals surface area contributed by atoms with Crippen LogP contribution in [0.2, 0.25) is 0 Å². The van der Waals surface area contributed by atoms with Crippen molar-refractivity contribution in [3.05, 3.63) is 39.5 Å². The molecule has 0 bridgehead atoms. The summed E-state index contributed by atoms with van der Waals surface area (Å²) in [4.78, 5) is 0. The molecule has 1 aliphatic carbocycles. The van der Waals surface area contributed by atoms with E-state index in [0.717, 1.165) is 4.47 Å². The zero-order valence-corrected chi connectivity index (χ0v) is 14.0. The molecule has 7 heteroatoms. The number of fused-ring (bicyclic) bond motifs is 2. The molecule has 1 heterocycles. The average molecular weight is 382 g/mol. The van der Waals surface area contributed by atoms with Gasteiger partial charge in [-0.25, -0.2) is 0 Å². The molecule has 0 saturated heterocycles. The molecule has 24 heavy (non-hydrogen) atoms. The molecule has 1 aromatic rings. The molecular formula is C17H12BrN5O. The van der Waals surface area contributed by atoms with Gasteiger partial charge in [0.25, 0.3) is 0 Å². The lowest BCUT2D eigenvalue weighted by Crippen LogP contribution is -2.47. The van der Waals surface area contributed by atoms with E-state index in [1.54, 1.807) is 12.1 Å². The smallest absolute Gasteiger partial charge is 0.141 e. The predicted octanol–water partition coefficient (Wildman–Crippen LogP) is 2.73. The maximum Gasteiger partial charge on any atom is 0.141 e. The van der Waals surface area contributed by atoms with Gasteiger partial charge in [-0.2, -0.15) is 15.8 Å². The predicted molar refractivity (Wildman–Crippen MR) is 88.7 cm³/mol. The number of nitrogens with zero attached hydrogens (tertiary/aromatic N) is 3. The quantitative estimate of drug-likeness (QED) is 0.771. The molecule has 0 radical (unpaired) electrons. The van der Waals surface area contributed by atoms with Crippen LogP contribution in [0.3, 0.4) is 0 Å². The van der Waals surface area contributed by atoms with Crippen molar-refractivity contribution in [2.45, 2.75) is 18.4 Å². The molecule has 1 aliphatic heterocycles. The Balaban J connectivity index is 2.21. The number of nitrogens with one attached hydrogen (secondary N) is 1. The molecule has 0 spiro atoms. The third-order valence-electron chi connectivity index (χ3n) is 4.49. The molecule has 2 aliphatic rings. The third-order valence-corrected chi connectivity index (χ3v) is 4.98. The van der Waals surface area contributed by atoms with E-state index in [0.29, 0.717) is 23.4 Å². The van der Waals surface area contributed by atoms with Gasteiger partial charge in [0, 0.05) is 34.0 Å². The zero-order chi connectivity index (χ0) is 17.4. The molecule has 0 saturated carbocycles. The van der Waals surface area contributed by atoms with Crippen molar-refractivity contribution in [1.29, 1.82) is 21.2 Å². The number of rotatable bonds is 1. The summed E-state index contributed by atoms with van der Waals surface area (Å²) in [6.45, 7) is 0. The molecule has 0 fully saturated rings. The second kappa shape index (κ2) is 6.00. The van der Waals surface area contributed by atoms with Crippen molar-refractivity contribution in [2.75, 3.05) is 0 Å². The maximum atomic E-state index is 9.43. The van der Waals surface area contributed by atoms with E-state index in [9.17, 15) is 15.8 Å². The first-order valence-electron chi connectivity index (χ1n) is 7.24. The maximum absolute atomic E-state index is 9.43. The Morgan fingerprint density at radius 2 is 2.00 bits per heavy atom. The Morgan fingerprint density at radius 3 is 2.62 bits per heavy atom. The Labute approximate surface area is 147 Å². The molecule has 3 unspecified atom stereocenters. The van der Waals surface area contributed by atoms with Crippen molar-refractivity contribution in [1.82, 2.24) is 0 Å². The first kappa shape index (κ1) is 16.1. The SMILES string of the molecule is N#CC1=C(N)CC2Oc3ccc(Br)cc3C(C(C#N)C#N)C2C1=N. The van der Waals surface area contributed by atoms with Gasteiger partial charge >= 0.3 is 0 Å². The molecule has 1 aromatic carbocycles. The second-order valence-electron chi connectivity index (χ2n) is 5.76. The molecule has 118 valence electrons. The van der Waals surface area contributed by atoms with Crippen molar-refractivity contribution in [2.24, 2.45) is 17.6 Å². The van der Waals surface area contributed by atoms with Crippen LogP contribution < -0.4 is 10.5 Å². The van der Waals surface area contributed by atoms with Crippen LogP contribution in [0.25, 0.3) is 0 Å². The fourth-order valence-corrected chi connectivity index (χ4v) is 3.83. The Bertz CT molecular complexity index is 872. The topological polar surface area (TPSA) is 130 Å². The number of allylic oxidation sites excluding steroid dienone is 1. The normalized spacial score (nSPS) is 25.0. The first-order chi connectivity index (χ1) is 11.5. The second-order valence-corrected chi connectivity index (χ2v) is 6.67. The van der Waals surface area contributed by atoms with Gasteiger partial charge in [-0.1, -0.05) is 15.9 Å². The van der Waals surface area contributed by atoms with Crippen LogP contribution in [0, 0.1) is 51.2 Å². The van der Waals surface area contributed by atoms with E-state index >= 15 is 0 Å². The minimum atomic E-state index is -0.950. The number of ether oxygens (including phenoxy) is 1. The van der Waals surface area contributed by atoms with Gasteiger partial charge < -0.3 is 15.9 Å². The molecular weight excluding hydrogens is 370 g/mol. The van der Waals surface area contributed by atoms with Gasteiger partial charge in [0.1, 0.15) is 23.8 Å². The fourth-order valence-electron chi connectivity index (χ4n) is 3.45. The fraction of sp³-hybridized carbons (Fsp3) is 0.294. The van der Waals surface area contributed by atoms with Crippen molar-refractivity contribution >= 4 is 21.6 Å². The highest BCUT2D eigenvalue weighted by molar-refractivity contribution is 9.10. The molecule has 3 rings (SSSR count). The van der Waals surface area contributed by atoms with E-state index < -0.39 is 23.9 Å². The molecule has 3 atom stereocenters. The van der Waals surface area contributed by atoms with E-state index in [-0.39, 0.29) is 11.3 Å². The summed E-state index contributed by atoms with van der Waals surface area (Å²) in [6, 6.07) is 11.4. The van der Waals surface area contributed by atoms with Gasteiger partial charge in [-0.15, -0.1) is 0 Å². The van der Waals surface area contributed by atoms with Crippen LogP contribution in [0.15, 0.2) is 33.9 Å². The summed E-state index contributed by atoms with van der Waals surface area (Å²) in [7, 11) is 0. The lowest BCUT2D eigenvalue weighted by molar-refractivity contribution is 0.117. The standard InChI is InChI=1S/C17H12BrN5O/c18-9-1-2-13-10(3-9)15(8(5-19)6-20)16-14(24-13)4-12(22)11(7-21)17(16)23/h1-3,8,14-16,23H,4,22H2. The Kier molecular flexibility index (Phi) is 4.01. The van der Waals surface area contributed by atoms with Gasteiger partial charge in [0.2, 0.25) is 0 Å². The Hall–Kier alpha value is -2.82. The highest BCUT2D eigenvalue weighted by Crippen LogP contribution is 2.48. The van der Waals surface area contributed by atoms with E-state index in [1.165, 1.54) is 0 Å². The molecule has 0 aromatic heterocycles. The van der Waals surface area contributed by atoms with Crippen LogP contribution in [0.1, 0.15) is 17.9 Å². The number of nitrogens with two attached hydrogens (primary N) is 1. The van der Waals surface area contributed by atoms with Crippen molar-refractivity contribution < 1.29 is 4.74 Å². The van der Waals surface area contributed by atoms with Crippen molar-refractivity contribution in [3.63, 3.8) is 0 Å². The third kappa shape index (κ3) is 2.33. The summed E-state index contributed by atoms with van der Waals surface area (Å²) in [6.07, 6.45) is -0.164. The van der Waals surface area contributed by atoms with E-state index in [4.69, 9.17) is 15.9 Å². The zero-order valence-electron chi connectivity index (χ0n) is 12.5. The summed E-state index contributed by atoms with van der Waals surface area (Å²) in [5.41, 5.74) is 7.09. The van der Waals surface area contributed by atoms with Crippen LogP contribution in [-0.2, 0) is 0 Å². The van der Waals surface area contributed by atoms with Gasteiger partial charge in [0.15, 0.2) is 0 Å². The van der Waals surface area contributed by atoms with Gasteiger partial charge in [-0.3, -0.25) is 0 Å². The number of halogens is 1. The average Bonchev–Trinajstić information content (AvgIpc) is 2.56. The summed E-state index contributed by atoms with van der Waals surface area (Å²) in [5, 5.41) is 36.5. The van der Waals surface area contributed by atoms with Crippen LogP contribution >= 0.6 is 15.9 Å². The summed E-state index contributed by atoms with van der Waals surface area (Å²) in [5.74, 6) is -1.47. The highest BCUT2D eigenvalue weighted by Gasteiger charge is 2.48. The van der Waals surface area contributed by atoms with Gasteiger partial charge in [0.05, 0.1) is 23.4 Å². The minimum absolute atomic E-state index is 0.0392. The number of hydrogen-bond donors (Lipinski definition) is 2. The lowest BCUT2D eigenvalue weighted by Gasteiger charge is -2.42. The first-order valence-corrected chi connectivity index (χ1v) is 8.04. The molecule has 6 nitrogen and oxygen atoms in total. The number of benzene rings is 1. The van der Waals surface area contributed by atoms with Crippen LogP contribution in [-0.4, -0.2) is 11.8 Å². The minimum Gasteiger partial charge on any atom is -0.489 e. The van der Waals surface area contributed by atoms with E-state index in [2.05, 4.69) is 15.9 Å². The summed E-state index contributed by atoms with van der Waals surface area (Å²) < 4.78 is 6.78. The van der Waals surface area contributed by atoms with E-state index in [1.807, 2.05) is 24.3 Å². The largest absolute Gasteiger partial charge is 0.489 e. The summed E-state index contributed by atoms with van der Waals surface area (Å²) >= 11 is 3.39.